The van der Waals surface area contributed by atoms with E-state index in [1.54, 1.807) is 12.3 Å². The second kappa shape index (κ2) is 6.08. The van der Waals surface area contributed by atoms with Crippen LogP contribution >= 0.6 is 0 Å². The Morgan fingerprint density at radius 3 is 2.95 bits per heavy atom. The Labute approximate surface area is 112 Å². The van der Waals surface area contributed by atoms with Gasteiger partial charge in [0.15, 0.2) is 0 Å². The van der Waals surface area contributed by atoms with E-state index in [9.17, 15) is 0 Å². The number of aromatic amines is 1. The van der Waals surface area contributed by atoms with E-state index in [1.165, 1.54) is 0 Å². The molecular formula is C13H19N5O. The molecule has 2 rings (SSSR count). The fraction of sp³-hybridized carbons (Fsp3) is 0.385. The number of hydrogen-bond donors (Lipinski definition) is 3. The SMILES string of the molecule is CC(C)COc1nc(NCc2cn[nH]c2)ccc1N. The molecule has 0 aliphatic heterocycles. The zero-order chi connectivity index (χ0) is 13.7. The molecule has 0 aliphatic carbocycles. The van der Waals surface area contributed by atoms with Crippen LogP contribution in [0.1, 0.15) is 19.4 Å². The third kappa shape index (κ3) is 3.87. The molecule has 2 aromatic rings. The summed E-state index contributed by atoms with van der Waals surface area (Å²) >= 11 is 0. The lowest BCUT2D eigenvalue weighted by atomic mass is 10.2. The lowest BCUT2D eigenvalue weighted by Crippen LogP contribution is -2.09. The zero-order valence-corrected chi connectivity index (χ0v) is 11.2. The molecule has 0 aromatic carbocycles. The van der Waals surface area contributed by atoms with Crippen LogP contribution in [-0.4, -0.2) is 21.8 Å². The molecule has 0 unspecified atom stereocenters. The van der Waals surface area contributed by atoms with Crippen molar-refractivity contribution in [2.45, 2.75) is 20.4 Å². The highest BCUT2D eigenvalue weighted by molar-refractivity contribution is 5.53. The van der Waals surface area contributed by atoms with Crippen molar-refractivity contribution in [1.82, 2.24) is 15.2 Å². The number of hydrogen-bond acceptors (Lipinski definition) is 5. The van der Waals surface area contributed by atoms with Crippen molar-refractivity contribution in [3.63, 3.8) is 0 Å². The lowest BCUT2D eigenvalue weighted by molar-refractivity contribution is 0.263. The van der Waals surface area contributed by atoms with Crippen LogP contribution in [0, 0.1) is 5.92 Å². The van der Waals surface area contributed by atoms with E-state index in [2.05, 4.69) is 34.3 Å². The molecular weight excluding hydrogens is 242 g/mol. The summed E-state index contributed by atoms with van der Waals surface area (Å²) in [7, 11) is 0. The van der Waals surface area contributed by atoms with Gasteiger partial charge in [0.1, 0.15) is 5.82 Å². The van der Waals surface area contributed by atoms with E-state index in [1.807, 2.05) is 12.3 Å². The number of nitrogens with one attached hydrogen (secondary N) is 2. The summed E-state index contributed by atoms with van der Waals surface area (Å²) in [5.74, 6) is 1.64. The number of ether oxygens (including phenoxy) is 1. The Morgan fingerprint density at radius 1 is 1.42 bits per heavy atom. The quantitative estimate of drug-likeness (QED) is 0.740. The molecule has 0 spiro atoms. The van der Waals surface area contributed by atoms with Gasteiger partial charge in [-0.3, -0.25) is 5.10 Å². The molecule has 6 heteroatoms. The fourth-order valence-corrected chi connectivity index (χ4v) is 1.48. The van der Waals surface area contributed by atoms with Crippen molar-refractivity contribution < 1.29 is 4.74 Å². The number of rotatable bonds is 6. The number of aromatic nitrogens is 3. The van der Waals surface area contributed by atoms with E-state index in [4.69, 9.17) is 10.5 Å². The smallest absolute Gasteiger partial charge is 0.239 e. The first-order valence-electron chi connectivity index (χ1n) is 6.26. The molecule has 0 atom stereocenters. The van der Waals surface area contributed by atoms with Gasteiger partial charge in [-0.05, 0) is 18.1 Å². The van der Waals surface area contributed by atoms with E-state index in [-0.39, 0.29) is 0 Å². The predicted octanol–water partition coefficient (Wildman–Crippen LogP) is 2.03. The van der Waals surface area contributed by atoms with Crippen molar-refractivity contribution in [2.24, 2.45) is 5.92 Å². The van der Waals surface area contributed by atoms with Gasteiger partial charge < -0.3 is 15.8 Å². The molecule has 2 heterocycles. The van der Waals surface area contributed by atoms with E-state index in [0.717, 1.165) is 11.4 Å². The molecule has 19 heavy (non-hydrogen) atoms. The van der Waals surface area contributed by atoms with Crippen LogP contribution in [0.15, 0.2) is 24.5 Å². The molecule has 6 nitrogen and oxygen atoms in total. The third-order valence-corrected chi connectivity index (χ3v) is 2.47. The van der Waals surface area contributed by atoms with Gasteiger partial charge in [-0.25, -0.2) is 0 Å². The number of nitrogens with two attached hydrogens (primary N) is 1. The summed E-state index contributed by atoms with van der Waals surface area (Å²) in [6, 6.07) is 3.62. The van der Waals surface area contributed by atoms with E-state index >= 15 is 0 Å². The van der Waals surface area contributed by atoms with Gasteiger partial charge in [0.25, 0.3) is 0 Å². The Kier molecular flexibility index (Phi) is 4.22. The molecule has 0 saturated carbocycles. The summed E-state index contributed by atoms with van der Waals surface area (Å²) in [4.78, 5) is 4.35. The highest BCUT2D eigenvalue weighted by atomic mass is 16.5. The summed E-state index contributed by atoms with van der Waals surface area (Å²) in [5, 5.41) is 9.84. The van der Waals surface area contributed by atoms with Crippen LogP contribution in [0.3, 0.4) is 0 Å². The zero-order valence-electron chi connectivity index (χ0n) is 11.2. The summed E-state index contributed by atoms with van der Waals surface area (Å²) < 4.78 is 5.58. The van der Waals surface area contributed by atoms with Crippen molar-refractivity contribution in [3.8, 4) is 5.88 Å². The maximum absolute atomic E-state index is 5.84. The van der Waals surface area contributed by atoms with Crippen molar-refractivity contribution >= 4 is 11.5 Å². The lowest BCUT2D eigenvalue weighted by Gasteiger charge is -2.11. The Hall–Kier alpha value is -2.24. The van der Waals surface area contributed by atoms with Crippen LogP contribution in [0.2, 0.25) is 0 Å². The van der Waals surface area contributed by atoms with Crippen LogP contribution in [0.4, 0.5) is 11.5 Å². The third-order valence-electron chi connectivity index (χ3n) is 2.47. The molecule has 0 radical (unpaired) electrons. The summed E-state index contributed by atoms with van der Waals surface area (Å²) in [6.07, 6.45) is 3.60. The Bertz CT molecular complexity index is 510. The van der Waals surface area contributed by atoms with Gasteiger partial charge >= 0.3 is 0 Å². The number of nitrogens with zero attached hydrogens (tertiary/aromatic N) is 2. The monoisotopic (exact) mass is 261 g/mol. The minimum atomic E-state index is 0.434. The molecule has 102 valence electrons. The standard InChI is InChI=1S/C13H19N5O/c1-9(2)8-19-13-11(14)3-4-12(18-13)15-5-10-6-16-17-7-10/h3-4,6-7,9H,5,8,14H2,1-2H3,(H,15,18)(H,16,17). The van der Waals surface area contributed by atoms with Crippen molar-refractivity contribution in [1.29, 1.82) is 0 Å². The maximum atomic E-state index is 5.84. The first-order chi connectivity index (χ1) is 9.15. The highest BCUT2D eigenvalue weighted by Crippen LogP contribution is 2.21. The first-order valence-corrected chi connectivity index (χ1v) is 6.26. The summed E-state index contributed by atoms with van der Waals surface area (Å²) in [6.45, 7) is 5.41. The second-order valence-electron chi connectivity index (χ2n) is 4.76. The normalized spacial score (nSPS) is 10.7. The Morgan fingerprint density at radius 2 is 2.26 bits per heavy atom. The average molecular weight is 261 g/mol. The van der Waals surface area contributed by atoms with E-state index in [0.29, 0.717) is 30.6 Å². The van der Waals surface area contributed by atoms with Crippen LogP contribution in [-0.2, 0) is 6.54 Å². The number of nitrogen functional groups attached to an aromatic ring is 1. The highest BCUT2D eigenvalue weighted by Gasteiger charge is 2.06. The van der Waals surface area contributed by atoms with Crippen molar-refractivity contribution in [2.75, 3.05) is 17.7 Å². The minimum absolute atomic E-state index is 0.434. The van der Waals surface area contributed by atoms with Crippen LogP contribution < -0.4 is 15.8 Å². The largest absolute Gasteiger partial charge is 0.476 e. The molecule has 2 aromatic heterocycles. The number of anilines is 2. The maximum Gasteiger partial charge on any atom is 0.239 e. The minimum Gasteiger partial charge on any atom is -0.476 e. The van der Waals surface area contributed by atoms with Gasteiger partial charge in [0, 0.05) is 18.3 Å². The predicted molar refractivity (Wildman–Crippen MR) is 74.9 cm³/mol. The van der Waals surface area contributed by atoms with Crippen LogP contribution in [0.25, 0.3) is 0 Å². The molecule has 0 amide bonds. The van der Waals surface area contributed by atoms with Gasteiger partial charge in [-0.1, -0.05) is 13.8 Å². The fourth-order valence-electron chi connectivity index (χ4n) is 1.48. The van der Waals surface area contributed by atoms with Crippen LogP contribution in [0.5, 0.6) is 5.88 Å². The van der Waals surface area contributed by atoms with Gasteiger partial charge in [0.05, 0.1) is 18.5 Å². The average Bonchev–Trinajstić information content (AvgIpc) is 2.89. The van der Waals surface area contributed by atoms with Gasteiger partial charge in [-0.15, -0.1) is 0 Å². The second-order valence-corrected chi connectivity index (χ2v) is 4.76. The molecule has 0 aliphatic rings. The van der Waals surface area contributed by atoms with Gasteiger partial charge in [0.2, 0.25) is 5.88 Å². The molecule has 0 saturated heterocycles. The Balaban J connectivity index is 1.99. The topological polar surface area (TPSA) is 88.8 Å². The summed E-state index contributed by atoms with van der Waals surface area (Å²) in [5.41, 5.74) is 7.45. The van der Waals surface area contributed by atoms with Crippen molar-refractivity contribution in [3.05, 3.63) is 30.1 Å². The first kappa shape index (κ1) is 13.2. The molecule has 0 fully saturated rings. The van der Waals surface area contributed by atoms with E-state index < -0.39 is 0 Å². The number of H-pyrrole nitrogens is 1. The number of pyridine rings is 1. The van der Waals surface area contributed by atoms with Gasteiger partial charge in [-0.2, -0.15) is 10.1 Å². The molecule has 0 bridgehead atoms. The molecule has 4 N–H and O–H groups in total.